The van der Waals surface area contributed by atoms with Gasteiger partial charge in [-0.3, -0.25) is 0 Å². The molecule has 1 nitrogen and oxygen atoms in total. The molecule has 0 bridgehead atoms. The molecule has 2 rings (SSSR count). The molecule has 1 N–H and O–H groups in total. The second-order valence-corrected chi connectivity index (χ2v) is 3.85. The van der Waals surface area contributed by atoms with Gasteiger partial charge in [0.05, 0.1) is 0 Å². The van der Waals surface area contributed by atoms with Crippen molar-refractivity contribution in [2.45, 2.75) is 13.5 Å². The molecular formula is C15H17N. The fraction of sp³-hybridized carbons (Fsp3) is 0.200. The van der Waals surface area contributed by atoms with Gasteiger partial charge in [0.1, 0.15) is 0 Å². The van der Waals surface area contributed by atoms with Crippen LogP contribution in [0, 0.1) is 0 Å². The van der Waals surface area contributed by atoms with Crippen LogP contribution in [0.15, 0.2) is 54.6 Å². The summed E-state index contributed by atoms with van der Waals surface area (Å²) in [5, 5.41) is 3.34. The average molecular weight is 211 g/mol. The Labute approximate surface area is 97.1 Å². The van der Waals surface area contributed by atoms with Crippen LogP contribution >= 0.6 is 0 Å². The number of benzene rings is 2. The first-order valence-electron chi connectivity index (χ1n) is 5.75. The van der Waals surface area contributed by atoms with Gasteiger partial charge < -0.3 is 5.32 Å². The maximum Gasteiger partial charge on any atom is 0.0205 e. The maximum atomic E-state index is 3.34. The molecule has 16 heavy (non-hydrogen) atoms. The van der Waals surface area contributed by atoms with E-state index in [-0.39, 0.29) is 0 Å². The molecule has 0 aliphatic carbocycles. The van der Waals surface area contributed by atoms with Crippen molar-refractivity contribution in [2.24, 2.45) is 0 Å². The Bertz CT molecular complexity index is 434. The van der Waals surface area contributed by atoms with Crippen molar-refractivity contribution in [3.8, 4) is 11.1 Å². The molecule has 0 saturated heterocycles. The summed E-state index contributed by atoms with van der Waals surface area (Å²) in [5.74, 6) is 0. The molecule has 0 fully saturated rings. The Morgan fingerprint density at radius 1 is 0.875 bits per heavy atom. The molecular weight excluding hydrogens is 194 g/mol. The van der Waals surface area contributed by atoms with E-state index in [0.717, 1.165) is 13.1 Å². The van der Waals surface area contributed by atoms with E-state index in [2.05, 4.69) is 60.8 Å². The third-order valence-corrected chi connectivity index (χ3v) is 2.61. The number of rotatable bonds is 4. The van der Waals surface area contributed by atoms with Gasteiger partial charge in [-0.1, -0.05) is 55.5 Å². The molecule has 0 spiro atoms. The highest BCUT2D eigenvalue weighted by atomic mass is 14.8. The summed E-state index contributed by atoms with van der Waals surface area (Å²) in [6.45, 7) is 4.08. The van der Waals surface area contributed by atoms with Crippen molar-refractivity contribution in [3.63, 3.8) is 0 Å². The molecule has 0 heterocycles. The summed E-state index contributed by atoms with van der Waals surface area (Å²) in [6.07, 6.45) is 0. The number of hydrogen-bond donors (Lipinski definition) is 1. The van der Waals surface area contributed by atoms with Crippen LogP contribution < -0.4 is 5.32 Å². The lowest BCUT2D eigenvalue weighted by Crippen LogP contribution is -2.11. The van der Waals surface area contributed by atoms with Crippen LogP contribution in [0.25, 0.3) is 11.1 Å². The maximum absolute atomic E-state index is 3.34. The monoisotopic (exact) mass is 211 g/mol. The van der Waals surface area contributed by atoms with Crippen molar-refractivity contribution in [1.29, 1.82) is 0 Å². The fourth-order valence-electron chi connectivity index (χ4n) is 1.76. The Morgan fingerprint density at radius 2 is 1.62 bits per heavy atom. The van der Waals surface area contributed by atoms with E-state index in [9.17, 15) is 0 Å². The van der Waals surface area contributed by atoms with E-state index in [1.165, 1.54) is 16.7 Å². The third kappa shape index (κ3) is 2.71. The van der Waals surface area contributed by atoms with Crippen LogP contribution in [0.5, 0.6) is 0 Å². The van der Waals surface area contributed by atoms with Crippen LogP contribution in [0.4, 0.5) is 0 Å². The molecule has 2 aromatic rings. The molecule has 0 atom stereocenters. The predicted molar refractivity (Wildman–Crippen MR) is 69.3 cm³/mol. The summed E-state index contributed by atoms with van der Waals surface area (Å²) in [7, 11) is 0. The van der Waals surface area contributed by atoms with Gasteiger partial charge in [0.2, 0.25) is 0 Å². The molecule has 82 valence electrons. The third-order valence-electron chi connectivity index (χ3n) is 2.61. The second-order valence-electron chi connectivity index (χ2n) is 3.85. The van der Waals surface area contributed by atoms with Crippen molar-refractivity contribution in [3.05, 3.63) is 60.2 Å². The fourth-order valence-corrected chi connectivity index (χ4v) is 1.76. The van der Waals surface area contributed by atoms with E-state index in [1.807, 2.05) is 6.07 Å². The minimum absolute atomic E-state index is 0.942. The molecule has 1 heteroatoms. The lowest BCUT2D eigenvalue weighted by atomic mass is 10.0. The van der Waals surface area contributed by atoms with Crippen LogP contribution in [-0.2, 0) is 6.54 Å². The van der Waals surface area contributed by atoms with E-state index in [4.69, 9.17) is 0 Å². The Balaban J connectivity index is 2.22. The van der Waals surface area contributed by atoms with Crippen molar-refractivity contribution in [1.82, 2.24) is 5.32 Å². The summed E-state index contributed by atoms with van der Waals surface area (Å²) in [4.78, 5) is 0. The topological polar surface area (TPSA) is 12.0 Å². The van der Waals surface area contributed by atoms with Crippen molar-refractivity contribution < 1.29 is 0 Å². The van der Waals surface area contributed by atoms with E-state index >= 15 is 0 Å². The summed E-state index contributed by atoms with van der Waals surface area (Å²) in [6, 6.07) is 19.2. The second kappa shape index (κ2) is 5.47. The highest BCUT2D eigenvalue weighted by molar-refractivity contribution is 5.63. The van der Waals surface area contributed by atoms with Gasteiger partial charge in [-0.2, -0.15) is 0 Å². The minimum Gasteiger partial charge on any atom is -0.313 e. The molecule has 0 unspecified atom stereocenters. The zero-order valence-electron chi connectivity index (χ0n) is 9.61. The Hall–Kier alpha value is -1.60. The molecule has 2 aromatic carbocycles. The summed E-state index contributed by atoms with van der Waals surface area (Å²) < 4.78 is 0. The Kier molecular flexibility index (Phi) is 3.73. The van der Waals surface area contributed by atoms with Crippen molar-refractivity contribution >= 4 is 0 Å². The normalized spacial score (nSPS) is 10.3. The molecule has 0 amide bonds. The van der Waals surface area contributed by atoms with Crippen LogP contribution in [0.2, 0.25) is 0 Å². The zero-order chi connectivity index (χ0) is 11.2. The number of nitrogens with one attached hydrogen (secondary N) is 1. The van der Waals surface area contributed by atoms with E-state index in [1.54, 1.807) is 0 Å². The highest BCUT2D eigenvalue weighted by Gasteiger charge is 1.97. The van der Waals surface area contributed by atoms with E-state index in [0.29, 0.717) is 0 Å². The zero-order valence-corrected chi connectivity index (χ0v) is 9.61. The van der Waals surface area contributed by atoms with Gasteiger partial charge in [-0.15, -0.1) is 0 Å². The molecule has 0 aromatic heterocycles. The van der Waals surface area contributed by atoms with Gasteiger partial charge in [0.25, 0.3) is 0 Å². The predicted octanol–water partition coefficient (Wildman–Crippen LogP) is 3.46. The standard InChI is InChI=1S/C15H17N/c1-2-16-12-13-7-6-10-15(11-13)14-8-4-3-5-9-14/h3-11,16H,2,12H2,1H3. The summed E-state index contributed by atoms with van der Waals surface area (Å²) in [5.41, 5.74) is 3.90. The first-order chi connectivity index (χ1) is 7.90. The first-order valence-corrected chi connectivity index (χ1v) is 5.75. The smallest absolute Gasteiger partial charge is 0.0205 e. The Morgan fingerprint density at radius 3 is 2.38 bits per heavy atom. The molecule has 0 saturated carbocycles. The molecule has 0 aliphatic rings. The highest BCUT2D eigenvalue weighted by Crippen LogP contribution is 2.19. The quantitative estimate of drug-likeness (QED) is 0.816. The van der Waals surface area contributed by atoms with Gasteiger partial charge in [0, 0.05) is 6.54 Å². The van der Waals surface area contributed by atoms with Crippen LogP contribution in [0.1, 0.15) is 12.5 Å². The largest absolute Gasteiger partial charge is 0.313 e. The lowest BCUT2D eigenvalue weighted by Gasteiger charge is -2.05. The van der Waals surface area contributed by atoms with Crippen LogP contribution in [-0.4, -0.2) is 6.54 Å². The molecule has 0 radical (unpaired) electrons. The average Bonchev–Trinajstić information content (AvgIpc) is 2.38. The van der Waals surface area contributed by atoms with E-state index < -0.39 is 0 Å². The van der Waals surface area contributed by atoms with Crippen LogP contribution in [0.3, 0.4) is 0 Å². The van der Waals surface area contributed by atoms with Gasteiger partial charge >= 0.3 is 0 Å². The number of hydrogen-bond acceptors (Lipinski definition) is 1. The van der Waals surface area contributed by atoms with Gasteiger partial charge in [-0.25, -0.2) is 0 Å². The first kappa shape index (κ1) is 10.9. The lowest BCUT2D eigenvalue weighted by molar-refractivity contribution is 0.727. The van der Waals surface area contributed by atoms with Gasteiger partial charge in [0.15, 0.2) is 0 Å². The molecule has 0 aliphatic heterocycles. The van der Waals surface area contributed by atoms with Gasteiger partial charge in [-0.05, 0) is 29.3 Å². The van der Waals surface area contributed by atoms with Crippen molar-refractivity contribution in [2.75, 3.05) is 6.54 Å². The SMILES string of the molecule is CCNCc1cccc(-c2ccccc2)c1. The summed E-state index contributed by atoms with van der Waals surface area (Å²) >= 11 is 0. The minimum atomic E-state index is 0.942.